The van der Waals surface area contributed by atoms with Crippen molar-refractivity contribution < 1.29 is 19.1 Å². The van der Waals surface area contributed by atoms with Crippen molar-refractivity contribution in [3.63, 3.8) is 0 Å². The lowest BCUT2D eigenvalue weighted by Gasteiger charge is -2.32. The number of nitrogens with zero attached hydrogens (tertiary/aromatic N) is 2. The average Bonchev–Trinajstić information content (AvgIpc) is 2.89. The van der Waals surface area contributed by atoms with Crippen LogP contribution in [-0.4, -0.2) is 46.1 Å². The van der Waals surface area contributed by atoms with Gasteiger partial charge in [-0.3, -0.25) is 20.4 Å². The van der Waals surface area contributed by atoms with Gasteiger partial charge in [0.05, 0.1) is 0 Å². The molecule has 8 nitrogen and oxygen atoms in total. The fourth-order valence-corrected chi connectivity index (χ4v) is 3.21. The summed E-state index contributed by atoms with van der Waals surface area (Å²) in [4.78, 5) is 38.0. The van der Waals surface area contributed by atoms with E-state index >= 15 is 0 Å². The molecule has 0 spiro atoms. The third-order valence-corrected chi connectivity index (χ3v) is 4.45. The number of hydrogen-bond acceptors (Lipinski definition) is 4. The molecule has 1 fully saturated rings. The summed E-state index contributed by atoms with van der Waals surface area (Å²) in [6, 6.07) is 1.67. The van der Waals surface area contributed by atoms with Gasteiger partial charge in [0.15, 0.2) is 0 Å². The summed E-state index contributed by atoms with van der Waals surface area (Å²) < 4.78 is 7.78. The van der Waals surface area contributed by atoms with Crippen molar-refractivity contribution in [3.05, 3.63) is 22.4 Å². The molecule has 1 aliphatic heterocycles. The molecule has 0 atom stereocenters. The van der Waals surface area contributed by atoms with Gasteiger partial charge in [-0.1, -0.05) is 0 Å². The van der Waals surface area contributed by atoms with E-state index in [9.17, 15) is 14.4 Å². The number of nitrogens with one attached hydrogen (secondary N) is 2. The maximum absolute atomic E-state index is 12.3. The zero-order valence-electron chi connectivity index (χ0n) is 15.5. The molecule has 2 rings (SSSR count). The van der Waals surface area contributed by atoms with Crippen molar-refractivity contribution in [1.29, 1.82) is 0 Å². The molecule has 144 valence electrons. The molecule has 0 radical (unpaired) electrons. The first kappa shape index (κ1) is 20.3. The minimum Gasteiger partial charge on any atom is -0.444 e. The minimum atomic E-state index is -0.540. The Morgan fingerprint density at radius 2 is 1.81 bits per heavy atom. The number of aryl methyl sites for hydroxylation is 1. The molecule has 0 bridgehead atoms. The monoisotopic (exact) mass is 428 g/mol. The van der Waals surface area contributed by atoms with Gasteiger partial charge in [0.2, 0.25) is 5.91 Å². The molecular weight excluding hydrogens is 404 g/mol. The van der Waals surface area contributed by atoms with Gasteiger partial charge in [-0.25, -0.2) is 4.79 Å². The Balaban J connectivity index is 1.79. The number of carbonyl (C=O) groups is 3. The van der Waals surface area contributed by atoms with E-state index in [2.05, 4.69) is 26.8 Å². The Hall–Kier alpha value is -2.03. The van der Waals surface area contributed by atoms with Crippen LogP contribution in [0.4, 0.5) is 4.79 Å². The first-order chi connectivity index (χ1) is 12.1. The molecular formula is C17H25BrN4O4. The standard InChI is InChI=1S/C17H25BrN4O4/c1-17(2,3)26-16(25)22-7-5-11(6-8-22)14(23)19-20-15(24)13-9-12(18)10-21(13)4/h9-11H,5-8H2,1-4H3,(H,19,23)(H,20,24). The lowest BCUT2D eigenvalue weighted by atomic mass is 9.96. The SMILES string of the molecule is Cn1cc(Br)cc1C(=O)NNC(=O)C1CCN(C(=O)OC(C)(C)C)CC1. The topological polar surface area (TPSA) is 92.7 Å². The molecule has 2 heterocycles. The summed E-state index contributed by atoms with van der Waals surface area (Å²) in [6.45, 7) is 6.36. The highest BCUT2D eigenvalue weighted by molar-refractivity contribution is 9.10. The Morgan fingerprint density at radius 1 is 1.19 bits per heavy atom. The van der Waals surface area contributed by atoms with Crippen molar-refractivity contribution in [2.24, 2.45) is 13.0 Å². The third kappa shape index (κ3) is 5.48. The predicted molar refractivity (Wildman–Crippen MR) is 99.3 cm³/mol. The Bertz CT molecular complexity index is 687. The van der Waals surface area contributed by atoms with Crippen LogP contribution >= 0.6 is 15.9 Å². The van der Waals surface area contributed by atoms with Crippen molar-refractivity contribution in [1.82, 2.24) is 20.3 Å². The quantitative estimate of drug-likeness (QED) is 0.706. The molecule has 9 heteroatoms. The number of carbonyl (C=O) groups excluding carboxylic acids is 3. The number of hydrazine groups is 1. The normalized spacial score (nSPS) is 15.5. The van der Waals surface area contributed by atoms with E-state index in [4.69, 9.17) is 4.74 Å². The van der Waals surface area contributed by atoms with Crippen LogP contribution < -0.4 is 10.9 Å². The van der Waals surface area contributed by atoms with Crippen LogP contribution in [0.25, 0.3) is 0 Å². The summed E-state index contributed by atoms with van der Waals surface area (Å²) in [5.41, 5.74) is 4.79. The van der Waals surface area contributed by atoms with Crippen LogP contribution in [-0.2, 0) is 16.6 Å². The predicted octanol–water partition coefficient (Wildman–Crippen LogP) is 2.20. The highest BCUT2D eigenvalue weighted by Crippen LogP contribution is 2.20. The number of hydrogen-bond donors (Lipinski definition) is 2. The van der Waals surface area contributed by atoms with E-state index in [0.29, 0.717) is 31.6 Å². The molecule has 2 N–H and O–H groups in total. The lowest BCUT2D eigenvalue weighted by Crippen LogP contribution is -2.49. The van der Waals surface area contributed by atoms with Crippen molar-refractivity contribution in [2.75, 3.05) is 13.1 Å². The van der Waals surface area contributed by atoms with E-state index in [1.54, 1.807) is 28.8 Å². The number of rotatable bonds is 2. The van der Waals surface area contributed by atoms with Crippen molar-refractivity contribution in [2.45, 2.75) is 39.2 Å². The fraction of sp³-hybridized carbons (Fsp3) is 0.588. The molecule has 0 aromatic carbocycles. The largest absolute Gasteiger partial charge is 0.444 e. The Morgan fingerprint density at radius 3 is 2.31 bits per heavy atom. The summed E-state index contributed by atoms with van der Waals surface area (Å²) in [5.74, 6) is -0.901. The van der Waals surface area contributed by atoms with Crippen LogP contribution in [0.1, 0.15) is 44.1 Å². The van der Waals surface area contributed by atoms with Crippen molar-refractivity contribution in [3.8, 4) is 0 Å². The lowest BCUT2D eigenvalue weighted by molar-refractivity contribution is -0.127. The average molecular weight is 429 g/mol. The van der Waals surface area contributed by atoms with Crippen LogP contribution in [0.15, 0.2) is 16.7 Å². The molecule has 1 aliphatic rings. The van der Waals surface area contributed by atoms with Gasteiger partial charge in [0, 0.05) is 36.7 Å². The molecule has 1 saturated heterocycles. The highest BCUT2D eigenvalue weighted by atomic mass is 79.9. The van der Waals surface area contributed by atoms with E-state index < -0.39 is 11.5 Å². The fourth-order valence-electron chi connectivity index (χ4n) is 2.69. The number of halogens is 1. The van der Waals surface area contributed by atoms with Gasteiger partial charge in [-0.05, 0) is 55.6 Å². The van der Waals surface area contributed by atoms with Crippen molar-refractivity contribution >= 4 is 33.8 Å². The highest BCUT2D eigenvalue weighted by Gasteiger charge is 2.30. The number of piperidine rings is 1. The molecule has 0 aliphatic carbocycles. The summed E-state index contributed by atoms with van der Waals surface area (Å²) in [5, 5.41) is 0. The van der Waals surface area contributed by atoms with Gasteiger partial charge in [-0.15, -0.1) is 0 Å². The first-order valence-corrected chi connectivity index (χ1v) is 9.26. The maximum atomic E-state index is 12.3. The van der Waals surface area contributed by atoms with Gasteiger partial charge < -0.3 is 14.2 Å². The second-order valence-electron chi connectivity index (χ2n) is 7.34. The van der Waals surface area contributed by atoms with Gasteiger partial charge >= 0.3 is 6.09 Å². The summed E-state index contributed by atoms with van der Waals surface area (Å²) in [7, 11) is 1.74. The van der Waals surface area contributed by atoms with E-state index in [1.165, 1.54) is 0 Å². The molecule has 1 aromatic heterocycles. The molecule has 0 unspecified atom stereocenters. The van der Waals surface area contributed by atoms with Gasteiger partial charge in [0.25, 0.3) is 5.91 Å². The summed E-state index contributed by atoms with van der Waals surface area (Å²) in [6.07, 6.45) is 2.44. The molecule has 0 saturated carbocycles. The van der Waals surface area contributed by atoms with Crippen LogP contribution in [0.2, 0.25) is 0 Å². The second kappa shape index (κ2) is 8.11. The zero-order valence-corrected chi connectivity index (χ0v) is 17.1. The summed E-state index contributed by atoms with van der Waals surface area (Å²) >= 11 is 3.30. The van der Waals surface area contributed by atoms with Gasteiger partial charge in [0.1, 0.15) is 11.3 Å². The number of ether oxygens (including phenoxy) is 1. The second-order valence-corrected chi connectivity index (χ2v) is 8.26. The van der Waals surface area contributed by atoms with Crippen LogP contribution in [0.3, 0.4) is 0 Å². The number of aromatic nitrogens is 1. The Labute approximate surface area is 161 Å². The van der Waals surface area contributed by atoms with Crippen LogP contribution in [0, 0.1) is 5.92 Å². The maximum Gasteiger partial charge on any atom is 0.410 e. The minimum absolute atomic E-state index is 0.254. The van der Waals surface area contributed by atoms with E-state index in [-0.39, 0.29) is 17.9 Å². The molecule has 3 amide bonds. The molecule has 26 heavy (non-hydrogen) atoms. The molecule has 1 aromatic rings. The third-order valence-electron chi connectivity index (χ3n) is 4.02. The number of amides is 3. The van der Waals surface area contributed by atoms with Gasteiger partial charge in [-0.2, -0.15) is 0 Å². The first-order valence-electron chi connectivity index (χ1n) is 8.47. The van der Waals surface area contributed by atoms with E-state index in [0.717, 1.165) is 4.47 Å². The Kier molecular flexibility index (Phi) is 6.33. The van der Waals surface area contributed by atoms with Crippen LogP contribution in [0.5, 0.6) is 0 Å². The van der Waals surface area contributed by atoms with E-state index in [1.807, 2.05) is 20.8 Å². The number of likely N-dealkylation sites (tertiary alicyclic amines) is 1. The zero-order chi connectivity index (χ0) is 19.5. The smallest absolute Gasteiger partial charge is 0.410 e.